The van der Waals surface area contributed by atoms with E-state index in [0.717, 1.165) is 31.4 Å². The van der Waals surface area contributed by atoms with E-state index in [-0.39, 0.29) is 41.8 Å². The van der Waals surface area contributed by atoms with Crippen LogP contribution in [0, 0.1) is 5.92 Å². The number of carbonyl (C=O) groups is 1. The highest BCUT2D eigenvalue weighted by molar-refractivity contribution is 14.0. The van der Waals surface area contributed by atoms with Crippen molar-refractivity contribution < 1.29 is 9.21 Å². The highest BCUT2D eigenvalue weighted by Gasteiger charge is 2.24. The van der Waals surface area contributed by atoms with E-state index >= 15 is 0 Å². The van der Waals surface area contributed by atoms with Gasteiger partial charge < -0.3 is 20.4 Å². The lowest BCUT2D eigenvalue weighted by Gasteiger charge is -2.33. The number of carbonyl (C=O) groups excluding carboxylic acids is 1. The number of hydrogen-bond donors (Lipinski definition) is 3. The van der Waals surface area contributed by atoms with Gasteiger partial charge in [-0.1, -0.05) is 20.3 Å². The van der Waals surface area contributed by atoms with Crippen molar-refractivity contribution in [3.05, 3.63) is 24.2 Å². The maximum atomic E-state index is 11.6. The van der Waals surface area contributed by atoms with Crippen LogP contribution in [0.25, 0.3) is 0 Å². The van der Waals surface area contributed by atoms with Gasteiger partial charge in [-0.15, -0.1) is 24.0 Å². The highest BCUT2D eigenvalue weighted by atomic mass is 127. The van der Waals surface area contributed by atoms with Gasteiger partial charge in [-0.2, -0.15) is 0 Å². The fourth-order valence-corrected chi connectivity index (χ4v) is 3.11. The van der Waals surface area contributed by atoms with Crippen molar-refractivity contribution in [1.82, 2.24) is 20.9 Å². The summed E-state index contributed by atoms with van der Waals surface area (Å²) in [5.74, 6) is 1.79. The zero-order valence-corrected chi connectivity index (χ0v) is 19.0. The van der Waals surface area contributed by atoms with Crippen LogP contribution in [0.5, 0.6) is 0 Å². The number of nitrogens with zero attached hydrogens (tertiary/aromatic N) is 2. The predicted octanol–water partition coefficient (Wildman–Crippen LogP) is 2.36. The lowest BCUT2D eigenvalue weighted by atomic mass is 10.1. The first kappa shape index (κ1) is 23.7. The number of piperidine rings is 1. The van der Waals surface area contributed by atoms with Crippen LogP contribution in [0.2, 0.25) is 0 Å². The fraction of sp³-hybridized carbons (Fsp3) is 0.684. The number of hydrogen-bond acceptors (Lipinski definition) is 4. The van der Waals surface area contributed by atoms with E-state index in [4.69, 9.17) is 4.42 Å². The summed E-state index contributed by atoms with van der Waals surface area (Å²) in [6.07, 6.45) is 5.51. The first-order valence-corrected chi connectivity index (χ1v) is 9.61. The van der Waals surface area contributed by atoms with Crippen LogP contribution < -0.4 is 16.0 Å². The topological polar surface area (TPSA) is 81.9 Å². The summed E-state index contributed by atoms with van der Waals surface area (Å²) in [5.41, 5.74) is 0. The van der Waals surface area contributed by atoms with Crippen LogP contribution in [0.3, 0.4) is 0 Å². The van der Waals surface area contributed by atoms with Crippen LogP contribution in [-0.2, 0) is 4.79 Å². The molecule has 0 aromatic carbocycles. The summed E-state index contributed by atoms with van der Waals surface area (Å²) in [7, 11) is 1.75. The molecule has 0 saturated carbocycles. The summed E-state index contributed by atoms with van der Waals surface area (Å²) in [6, 6.07) is 4.18. The second kappa shape index (κ2) is 13.0. The normalized spacial score (nSPS) is 16.5. The van der Waals surface area contributed by atoms with Crippen LogP contribution in [-0.4, -0.2) is 56.5 Å². The first-order chi connectivity index (χ1) is 12.6. The Morgan fingerprint density at radius 1 is 1.19 bits per heavy atom. The summed E-state index contributed by atoms with van der Waals surface area (Å²) < 4.78 is 5.67. The third-order valence-corrected chi connectivity index (χ3v) is 4.63. The fourth-order valence-electron chi connectivity index (χ4n) is 3.11. The van der Waals surface area contributed by atoms with Gasteiger partial charge in [-0.05, 0) is 38.1 Å². The highest BCUT2D eigenvalue weighted by Crippen LogP contribution is 2.24. The molecule has 2 rings (SSSR count). The van der Waals surface area contributed by atoms with Gasteiger partial charge in [0.25, 0.3) is 0 Å². The number of amides is 1. The number of halogens is 1. The molecule has 1 saturated heterocycles. The molecule has 7 nitrogen and oxygen atoms in total. The number of furan rings is 1. The molecule has 2 heterocycles. The molecule has 1 amide bonds. The first-order valence-electron chi connectivity index (χ1n) is 9.61. The van der Waals surface area contributed by atoms with Crippen molar-refractivity contribution >= 4 is 35.8 Å². The maximum absolute atomic E-state index is 11.6. The van der Waals surface area contributed by atoms with Gasteiger partial charge in [0, 0.05) is 32.6 Å². The Labute approximate surface area is 179 Å². The zero-order valence-electron chi connectivity index (χ0n) is 16.7. The molecule has 1 fully saturated rings. The Morgan fingerprint density at radius 2 is 1.89 bits per heavy atom. The molecule has 0 bridgehead atoms. The Kier molecular flexibility index (Phi) is 11.4. The average molecular weight is 491 g/mol. The number of aliphatic imine (C=N–C) groups is 1. The van der Waals surface area contributed by atoms with Gasteiger partial charge in [-0.25, -0.2) is 0 Å². The largest absolute Gasteiger partial charge is 0.468 e. The van der Waals surface area contributed by atoms with Crippen LogP contribution in [0.1, 0.15) is 44.9 Å². The van der Waals surface area contributed by atoms with Crippen molar-refractivity contribution in [3.8, 4) is 0 Å². The Hall–Kier alpha value is -1.29. The van der Waals surface area contributed by atoms with Crippen LogP contribution in [0.15, 0.2) is 27.8 Å². The minimum atomic E-state index is 0. The molecular formula is C19H34IN5O2. The molecule has 154 valence electrons. The molecule has 1 aliphatic rings. The second-order valence-corrected chi connectivity index (χ2v) is 6.95. The third-order valence-electron chi connectivity index (χ3n) is 4.63. The van der Waals surface area contributed by atoms with Crippen molar-refractivity contribution in [2.24, 2.45) is 10.9 Å². The number of likely N-dealkylation sites (tertiary alicyclic amines) is 1. The average Bonchev–Trinajstić information content (AvgIpc) is 3.18. The van der Waals surface area contributed by atoms with E-state index < -0.39 is 0 Å². The Morgan fingerprint density at radius 3 is 2.48 bits per heavy atom. The molecule has 0 radical (unpaired) electrons. The number of rotatable bonds is 8. The van der Waals surface area contributed by atoms with Gasteiger partial charge in [-0.3, -0.25) is 14.7 Å². The SMILES string of the molecule is CN=C(NCCNC(=O)C(C)C)NCC(c1ccco1)N1CCCCC1.I. The third kappa shape index (κ3) is 8.08. The Bertz CT molecular complexity index is 556. The smallest absolute Gasteiger partial charge is 0.222 e. The van der Waals surface area contributed by atoms with Gasteiger partial charge in [0.15, 0.2) is 5.96 Å². The zero-order chi connectivity index (χ0) is 18.8. The molecule has 0 spiro atoms. The van der Waals surface area contributed by atoms with Crippen molar-refractivity contribution in [1.29, 1.82) is 0 Å². The van der Waals surface area contributed by atoms with Gasteiger partial charge in [0.2, 0.25) is 5.91 Å². The van der Waals surface area contributed by atoms with E-state index in [2.05, 4.69) is 25.8 Å². The molecule has 1 aromatic heterocycles. The monoisotopic (exact) mass is 491 g/mol. The van der Waals surface area contributed by atoms with Crippen molar-refractivity contribution in [3.63, 3.8) is 0 Å². The lowest BCUT2D eigenvalue weighted by molar-refractivity contribution is -0.123. The summed E-state index contributed by atoms with van der Waals surface area (Å²) in [5, 5.41) is 9.53. The molecule has 1 aromatic rings. The van der Waals surface area contributed by atoms with Gasteiger partial charge in [0.1, 0.15) is 5.76 Å². The minimum Gasteiger partial charge on any atom is -0.468 e. The summed E-state index contributed by atoms with van der Waals surface area (Å²) in [4.78, 5) is 18.3. The summed E-state index contributed by atoms with van der Waals surface area (Å²) in [6.45, 7) is 7.90. The molecule has 27 heavy (non-hydrogen) atoms. The molecule has 3 N–H and O–H groups in total. The van der Waals surface area contributed by atoms with E-state index in [1.165, 1.54) is 19.3 Å². The maximum Gasteiger partial charge on any atom is 0.222 e. The predicted molar refractivity (Wildman–Crippen MR) is 120 cm³/mol. The Balaban J connectivity index is 0.00000364. The summed E-state index contributed by atoms with van der Waals surface area (Å²) >= 11 is 0. The minimum absolute atomic E-state index is 0. The standard InChI is InChI=1S/C19H33N5O2.HI/c1-15(2)18(25)21-9-10-22-19(20-3)23-14-16(17-8-7-13-26-17)24-11-5-4-6-12-24;/h7-8,13,15-16H,4-6,9-12,14H2,1-3H3,(H,21,25)(H2,20,22,23);1H. The quantitative estimate of drug-likeness (QED) is 0.225. The van der Waals surface area contributed by atoms with Gasteiger partial charge >= 0.3 is 0 Å². The van der Waals surface area contributed by atoms with Crippen LogP contribution >= 0.6 is 24.0 Å². The number of nitrogens with one attached hydrogen (secondary N) is 3. The van der Waals surface area contributed by atoms with E-state index in [1.807, 2.05) is 26.0 Å². The molecular weight excluding hydrogens is 457 g/mol. The van der Waals surface area contributed by atoms with Crippen LogP contribution in [0.4, 0.5) is 0 Å². The van der Waals surface area contributed by atoms with Crippen molar-refractivity contribution in [2.75, 3.05) is 39.8 Å². The lowest BCUT2D eigenvalue weighted by Crippen LogP contribution is -2.46. The number of guanidine groups is 1. The molecule has 0 aliphatic carbocycles. The van der Waals surface area contributed by atoms with E-state index in [1.54, 1.807) is 13.3 Å². The van der Waals surface area contributed by atoms with Gasteiger partial charge in [0.05, 0.1) is 12.3 Å². The van der Waals surface area contributed by atoms with E-state index in [9.17, 15) is 4.79 Å². The van der Waals surface area contributed by atoms with E-state index in [0.29, 0.717) is 13.1 Å². The molecule has 1 atom stereocenters. The second-order valence-electron chi connectivity index (χ2n) is 6.95. The molecule has 1 aliphatic heterocycles. The van der Waals surface area contributed by atoms with Crippen molar-refractivity contribution in [2.45, 2.75) is 39.2 Å². The molecule has 8 heteroatoms. The molecule has 1 unspecified atom stereocenters.